The number of carbonyl (C=O) groups is 3. The van der Waals surface area contributed by atoms with Crippen molar-refractivity contribution >= 4 is 28.8 Å². The van der Waals surface area contributed by atoms with Crippen LogP contribution < -0.4 is 10.6 Å². The molecule has 3 heterocycles. The van der Waals surface area contributed by atoms with Gasteiger partial charge in [0.05, 0.1) is 19.2 Å². The molecule has 2 fully saturated rings. The first-order valence-electron chi connectivity index (χ1n) is 13.4. The number of aromatic nitrogens is 1. The first kappa shape index (κ1) is 26.2. The Morgan fingerprint density at radius 2 is 1.95 bits per heavy atom. The zero-order valence-corrected chi connectivity index (χ0v) is 22.1. The first-order valence-corrected chi connectivity index (χ1v) is 13.4. The van der Waals surface area contributed by atoms with Gasteiger partial charge in [-0.15, -0.1) is 0 Å². The van der Waals surface area contributed by atoms with Gasteiger partial charge in [0.25, 0.3) is 0 Å². The number of carbonyl (C=O) groups excluding carboxylic acids is 3. The molecule has 4 atom stereocenters. The second-order valence-electron chi connectivity index (χ2n) is 10.6. The van der Waals surface area contributed by atoms with E-state index in [2.05, 4.69) is 15.6 Å². The molecule has 1 aromatic carbocycles. The molecule has 1 saturated carbocycles. The average Bonchev–Trinajstić information content (AvgIpc) is 3.65. The Hall–Kier alpha value is -3.40. The molecule has 38 heavy (non-hydrogen) atoms. The van der Waals surface area contributed by atoms with Crippen LogP contribution in [0.3, 0.4) is 0 Å². The molecule has 1 aliphatic carbocycles. The molecule has 0 radical (unpaired) electrons. The summed E-state index contributed by atoms with van der Waals surface area (Å²) < 4.78 is 18.9. The average molecular weight is 526 g/mol. The molecule has 4 unspecified atom stereocenters. The summed E-state index contributed by atoms with van der Waals surface area (Å²) in [5.41, 5.74) is 2.29. The molecule has 2 aromatic rings. The molecule has 3 N–H and O–H groups in total. The van der Waals surface area contributed by atoms with Gasteiger partial charge in [-0.05, 0) is 62.6 Å². The van der Waals surface area contributed by atoms with Crippen molar-refractivity contribution in [2.45, 2.75) is 63.1 Å². The van der Waals surface area contributed by atoms with Gasteiger partial charge in [0.15, 0.2) is 0 Å². The summed E-state index contributed by atoms with van der Waals surface area (Å²) in [6.07, 6.45) is 8.22. The maximum Gasteiger partial charge on any atom is 0.413 e. The lowest BCUT2D eigenvalue weighted by Gasteiger charge is -2.36. The van der Waals surface area contributed by atoms with E-state index in [4.69, 9.17) is 4.74 Å². The van der Waals surface area contributed by atoms with Crippen LogP contribution in [-0.4, -0.2) is 78.1 Å². The number of likely N-dealkylation sites (N-methyl/N-ethyl adjacent to an activating group) is 1. The van der Waals surface area contributed by atoms with Crippen molar-refractivity contribution in [3.63, 3.8) is 0 Å². The molecule has 1 aromatic heterocycles. The maximum atomic E-state index is 14.3. The third kappa shape index (κ3) is 4.66. The maximum absolute atomic E-state index is 14.3. The van der Waals surface area contributed by atoms with Crippen molar-refractivity contribution in [2.75, 3.05) is 27.2 Å². The summed E-state index contributed by atoms with van der Waals surface area (Å²) in [4.78, 5) is 46.4. The number of hydrogen-bond acceptors (Lipinski definition) is 5. The molecule has 10 heteroatoms. The fraction of sp³-hybridized carbons (Fsp3) is 0.536. The number of H-pyrrole nitrogens is 1. The van der Waals surface area contributed by atoms with Crippen molar-refractivity contribution in [1.82, 2.24) is 25.4 Å². The van der Waals surface area contributed by atoms with Crippen LogP contribution in [0.15, 0.2) is 36.2 Å². The molecule has 0 spiro atoms. The first-order chi connectivity index (χ1) is 18.3. The predicted molar refractivity (Wildman–Crippen MR) is 141 cm³/mol. The summed E-state index contributed by atoms with van der Waals surface area (Å²) in [5, 5.41) is 6.86. The van der Waals surface area contributed by atoms with Crippen molar-refractivity contribution in [3.8, 4) is 0 Å². The van der Waals surface area contributed by atoms with Gasteiger partial charge in [-0.2, -0.15) is 0 Å². The number of likely N-dealkylation sites (tertiary alicyclic amines) is 1. The minimum absolute atomic E-state index is 0.0564. The third-order valence-corrected chi connectivity index (χ3v) is 8.47. The predicted octanol–water partition coefficient (Wildman–Crippen LogP) is 3.24. The van der Waals surface area contributed by atoms with E-state index in [0.717, 1.165) is 48.8 Å². The van der Waals surface area contributed by atoms with Crippen molar-refractivity contribution in [1.29, 1.82) is 0 Å². The van der Waals surface area contributed by atoms with E-state index >= 15 is 0 Å². The van der Waals surface area contributed by atoms with E-state index in [1.165, 1.54) is 19.2 Å². The molecule has 3 aliphatic rings. The number of fused-ring (bicyclic) bond motifs is 2. The number of nitrogens with zero attached hydrogens (tertiary/aromatic N) is 2. The number of ether oxygens (including phenoxy) is 1. The molecule has 5 rings (SSSR count). The lowest BCUT2D eigenvalue weighted by molar-refractivity contribution is -0.139. The van der Waals surface area contributed by atoms with Gasteiger partial charge in [-0.1, -0.05) is 19.3 Å². The number of halogens is 1. The Labute approximate surface area is 221 Å². The highest BCUT2D eigenvalue weighted by Gasteiger charge is 2.50. The highest BCUT2D eigenvalue weighted by atomic mass is 19.1. The van der Waals surface area contributed by atoms with Crippen molar-refractivity contribution in [2.24, 2.45) is 5.92 Å². The summed E-state index contributed by atoms with van der Waals surface area (Å²) >= 11 is 0. The number of hydrogen-bond donors (Lipinski definition) is 3. The van der Waals surface area contributed by atoms with Gasteiger partial charge in [0, 0.05) is 41.8 Å². The van der Waals surface area contributed by atoms with Crippen molar-refractivity contribution < 1.29 is 23.5 Å². The van der Waals surface area contributed by atoms with Crippen LogP contribution in [0.5, 0.6) is 0 Å². The van der Waals surface area contributed by atoms with E-state index in [9.17, 15) is 18.8 Å². The number of amides is 3. The lowest BCUT2D eigenvalue weighted by atomic mass is 9.82. The minimum Gasteiger partial charge on any atom is -0.452 e. The molecular weight excluding hydrogens is 489 g/mol. The molecule has 3 amide bonds. The second kappa shape index (κ2) is 10.8. The summed E-state index contributed by atoms with van der Waals surface area (Å²) in [6, 6.07) is 3.11. The largest absolute Gasteiger partial charge is 0.452 e. The topological polar surface area (TPSA) is 107 Å². The van der Waals surface area contributed by atoms with Crippen LogP contribution in [0.2, 0.25) is 0 Å². The number of benzene rings is 1. The van der Waals surface area contributed by atoms with Gasteiger partial charge in [0.1, 0.15) is 11.9 Å². The smallest absolute Gasteiger partial charge is 0.413 e. The molecule has 9 nitrogen and oxygen atoms in total. The van der Waals surface area contributed by atoms with Gasteiger partial charge in [0.2, 0.25) is 11.8 Å². The molecule has 204 valence electrons. The van der Waals surface area contributed by atoms with Gasteiger partial charge in [-0.25, -0.2) is 9.18 Å². The zero-order valence-electron chi connectivity index (χ0n) is 22.1. The molecular formula is C28H36FN5O4. The van der Waals surface area contributed by atoms with Crippen LogP contribution in [0.25, 0.3) is 10.9 Å². The fourth-order valence-corrected chi connectivity index (χ4v) is 6.33. The molecule has 2 aliphatic heterocycles. The number of nitrogens with one attached hydrogen (secondary N) is 3. The zero-order chi connectivity index (χ0) is 27.0. The van der Waals surface area contributed by atoms with Crippen LogP contribution in [0.1, 0.15) is 50.5 Å². The highest BCUT2D eigenvalue weighted by Crippen LogP contribution is 2.44. The Morgan fingerprint density at radius 3 is 2.66 bits per heavy atom. The van der Waals surface area contributed by atoms with Crippen LogP contribution in [0, 0.1) is 11.7 Å². The van der Waals surface area contributed by atoms with Crippen molar-refractivity contribution in [3.05, 3.63) is 47.5 Å². The van der Waals surface area contributed by atoms with Gasteiger partial charge < -0.3 is 25.3 Å². The fourth-order valence-electron chi connectivity index (χ4n) is 6.33. The molecule has 0 bridgehead atoms. The summed E-state index contributed by atoms with van der Waals surface area (Å²) in [7, 11) is 3.06. The van der Waals surface area contributed by atoms with E-state index in [1.54, 1.807) is 29.8 Å². The third-order valence-electron chi connectivity index (χ3n) is 8.47. The van der Waals surface area contributed by atoms with Crippen LogP contribution in [-0.2, 0) is 14.3 Å². The SMILES string of the molecule is CNC(C)C(=O)NC(C(=O)N1CC=C2C1C(c1c[nH]c3cc(F)ccc13)CN2C(=O)OC)C1CCCCC1. The Morgan fingerprint density at radius 1 is 1.18 bits per heavy atom. The van der Waals surface area contributed by atoms with Gasteiger partial charge >= 0.3 is 6.09 Å². The van der Waals surface area contributed by atoms with Gasteiger partial charge in [-0.3, -0.25) is 14.5 Å². The second-order valence-corrected chi connectivity index (χ2v) is 10.6. The lowest BCUT2D eigenvalue weighted by Crippen LogP contribution is -2.57. The number of rotatable bonds is 6. The monoisotopic (exact) mass is 525 g/mol. The quantitative estimate of drug-likeness (QED) is 0.537. The van der Waals surface area contributed by atoms with E-state index < -0.39 is 24.2 Å². The molecule has 1 saturated heterocycles. The number of methoxy groups -OCH3 is 1. The normalized spacial score (nSPS) is 23.2. The minimum atomic E-state index is -0.642. The van der Waals surface area contributed by atoms with E-state index in [1.807, 2.05) is 12.3 Å². The van der Waals surface area contributed by atoms with E-state index in [-0.39, 0.29) is 29.5 Å². The number of aromatic amines is 1. The Balaban J connectivity index is 1.50. The van der Waals surface area contributed by atoms with Crippen LogP contribution >= 0.6 is 0 Å². The summed E-state index contributed by atoms with van der Waals surface area (Å²) in [6.45, 7) is 2.43. The Bertz CT molecular complexity index is 1250. The standard InChI is InChI=1S/C28H36FN5O4/c1-16(30-2)26(35)32-24(17-7-5-4-6-8-17)27(36)33-12-11-23-25(33)21(15-34(23)28(37)38-3)20-14-31-22-13-18(29)9-10-19(20)22/h9-11,13-14,16-17,21,24-25,30-31H,4-8,12,15H2,1-3H3,(H,32,35). The van der Waals surface area contributed by atoms with E-state index in [0.29, 0.717) is 18.6 Å². The van der Waals surface area contributed by atoms with Crippen LogP contribution in [0.4, 0.5) is 9.18 Å². The Kier molecular flexibility index (Phi) is 7.43. The summed E-state index contributed by atoms with van der Waals surface area (Å²) in [5.74, 6) is -0.867. The highest BCUT2D eigenvalue weighted by molar-refractivity contribution is 5.91.